The highest BCUT2D eigenvalue weighted by Crippen LogP contribution is 2.26. The van der Waals surface area contributed by atoms with Crippen LogP contribution in [0, 0.1) is 0 Å². The molecule has 1 N–H and O–H groups in total. The molecule has 1 aromatic carbocycles. The molecule has 3 aromatic rings. The Balaban J connectivity index is 1.76. The lowest BCUT2D eigenvalue weighted by molar-refractivity contribution is 0.102. The van der Waals surface area contributed by atoms with Gasteiger partial charge in [-0.15, -0.1) is 11.3 Å². The van der Waals surface area contributed by atoms with E-state index in [2.05, 4.69) is 15.3 Å². The van der Waals surface area contributed by atoms with Crippen molar-refractivity contribution in [3.8, 4) is 16.3 Å². The highest BCUT2D eigenvalue weighted by molar-refractivity contribution is 7.13. The van der Waals surface area contributed by atoms with Gasteiger partial charge in [-0.25, -0.2) is 4.98 Å². The van der Waals surface area contributed by atoms with E-state index in [4.69, 9.17) is 4.74 Å². The van der Waals surface area contributed by atoms with Crippen molar-refractivity contribution in [2.45, 2.75) is 0 Å². The van der Waals surface area contributed by atoms with Gasteiger partial charge in [0.1, 0.15) is 16.5 Å². The zero-order valence-corrected chi connectivity index (χ0v) is 12.6. The number of benzene rings is 1. The van der Waals surface area contributed by atoms with Crippen LogP contribution in [0.25, 0.3) is 10.6 Å². The molecule has 0 bridgehead atoms. The SMILES string of the molecule is COc1ccc(-c2nc(C(=O)Nc3ccncc3)cs2)cc1. The third-order valence-corrected chi connectivity index (χ3v) is 3.90. The molecule has 5 nitrogen and oxygen atoms in total. The summed E-state index contributed by atoms with van der Waals surface area (Å²) < 4.78 is 5.13. The summed E-state index contributed by atoms with van der Waals surface area (Å²) >= 11 is 1.43. The van der Waals surface area contributed by atoms with Crippen LogP contribution in [-0.2, 0) is 0 Å². The topological polar surface area (TPSA) is 64.1 Å². The number of rotatable bonds is 4. The number of thiazole rings is 1. The van der Waals surface area contributed by atoms with Crippen LogP contribution in [0.5, 0.6) is 5.75 Å². The Labute approximate surface area is 131 Å². The summed E-state index contributed by atoms with van der Waals surface area (Å²) in [5, 5.41) is 5.33. The second-order valence-corrected chi connectivity index (χ2v) is 5.31. The van der Waals surface area contributed by atoms with Crippen molar-refractivity contribution in [1.82, 2.24) is 9.97 Å². The fourth-order valence-corrected chi connectivity index (χ4v) is 2.68. The molecule has 0 aliphatic heterocycles. The molecular formula is C16H13N3O2S. The number of carbonyl (C=O) groups excluding carboxylic acids is 1. The van der Waals surface area contributed by atoms with Crippen LogP contribution in [0.2, 0.25) is 0 Å². The van der Waals surface area contributed by atoms with Crippen molar-refractivity contribution in [2.75, 3.05) is 12.4 Å². The van der Waals surface area contributed by atoms with Crippen LogP contribution >= 0.6 is 11.3 Å². The van der Waals surface area contributed by atoms with Gasteiger partial charge in [-0.1, -0.05) is 0 Å². The van der Waals surface area contributed by atoms with Gasteiger partial charge < -0.3 is 10.1 Å². The second-order valence-electron chi connectivity index (χ2n) is 4.46. The fourth-order valence-electron chi connectivity index (χ4n) is 1.87. The third kappa shape index (κ3) is 3.12. The average Bonchev–Trinajstić information content (AvgIpc) is 3.06. The number of hydrogen-bond acceptors (Lipinski definition) is 5. The van der Waals surface area contributed by atoms with Crippen LogP contribution in [0.4, 0.5) is 5.69 Å². The molecule has 0 spiro atoms. The summed E-state index contributed by atoms with van der Waals surface area (Å²) in [6, 6.07) is 11.0. The molecule has 0 unspecified atom stereocenters. The Bertz CT molecular complexity index is 770. The van der Waals surface area contributed by atoms with E-state index >= 15 is 0 Å². The summed E-state index contributed by atoms with van der Waals surface area (Å²) in [4.78, 5) is 20.4. The van der Waals surface area contributed by atoms with Crippen LogP contribution < -0.4 is 10.1 Å². The molecular weight excluding hydrogens is 298 g/mol. The normalized spacial score (nSPS) is 10.2. The van der Waals surface area contributed by atoms with Gasteiger partial charge in [0.2, 0.25) is 0 Å². The predicted octanol–water partition coefficient (Wildman–Crippen LogP) is 3.47. The Hall–Kier alpha value is -2.73. The third-order valence-electron chi connectivity index (χ3n) is 3.01. The molecule has 0 radical (unpaired) electrons. The molecule has 110 valence electrons. The van der Waals surface area contributed by atoms with Crippen LogP contribution in [0.3, 0.4) is 0 Å². The number of anilines is 1. The number of nitrogens with one attached hydrogen (secondary N) is 1. The number of amides is 1. The standard InChI is InChI=1S/C16H13N3O2S/c1-21-13-4-2-11(3-5-13)16-19-14(10-22-16)15(20)18-12-6-8-17-9-7-12/h2-10H,1H3,(H,17,18,20). The highest BCUT2D eigenvalue weighted by Gasteiger charge is 2.12. The van der Waals surface area contributed by atoms with Gasteiger partial charge in [-0.05, 0) is 36.4 Å². The number of methoxy groups -OCH3 is 1. The molecule has 2 heterocycles. The summed E-state index contributed by atoms with van der Waals surface area (Å²) in [6.07, 6.45) is 3.25. The Kier molecular flexibility index (Phi) is 4.11. The molecule has 0 aliphatic rings. The molecule has 22 heavy (non-hydrogen) atoms. The fraction of sp³-hybridized carbons (Fsp3) is 0.0625. The summed E-state index contributed by atoms with van der Waals surface area (Å²) in [7, 11) is 1.62. The van der Waals surface area contributed by atoms with Crippen molar-refractivity contribution < 1.29 is 9.53 Å². The van der Waals surface area contributed by atoms with Crippen molar-refractivity contribution >= 4 is 22.9 Å². The lowest BCUT2D eigenvalue weighted by Gasteiger charge is -2.02. The summed E-state index contributed by atoms with van der Waals surface area (Å²) in [5.41, 5.74) is 2.04. The molecule has 3 rings (SSSR count). The van der Waals surface area contributed by atoms with Gasteiger partial charge in [0.25, 0.3) is 5.91 Å². The maximum atomic E-state index is 12.2. The minimum atomic E-state index is -0.234. The maximum Gasteiger partial charge on any atom is 0.275 e. The van der Waals surface area contributed by atoms with E-state index in [-0.39, 0.29) is 5.91 Å². The van der Waals surface area contributed by atoms with Crippen LogP contribution in [0.1, 0.15) is 10.5 Å². The highest BCUT2D eigenvalue weighted by atomic mass is 32.1. The summed E-state index contributed by atoms with van der Waals surface area (Å²) in [6.45, 7) is 0. The first-order chi connectivity index (χ1) is 10.8. The van der Waals surface area contributed by atoms with Gasteiger partial charge in [0, 0.05) is 29.0 Å². The molecule has 0 saturated heterocycles. The largest absolute Gasteiger partial charge is 0.497 e. The van der Waals surface area contributed by atoms with Gasteiger partial charge >= 0.3 is 0 Å². The van der Waals surface area contributed by atoms with E-state index in [1.165, 1.54) is 11.3 Å². The van der Waals surface area contributed by atoms with E-state index in [9.17, 15) is 4.79 Å². The number of ether oxygens (including phenoxy) is 1. The van der Waals surface area contributed by atoms with Gasteiger partial charge in [-0.3, -0.25) is 9.78 Å². The Morgan fingerprint density at radius 2 is 1.86 bits per heavy atom. The van der Waals surface area contributed by atoms with Crippen molar-refractivity contribution in [3.63, 3.8) is 0 Å². The number of nitrogens with zero attached hydrogens (tertiary/aromatic N) is 2. The van der Waals surface area contributed by atoms with E-state index < -0.39 is 0 Å². The van der Waals surface area contributed by atoms with E-state index in [0.29, 0.717) is 11.4 Å². The first-order valence-electron chi connectivity index (χ1n) is 6.57. The minimum absolute atomic E-state index is 0.234. The van der Waals surface area contributed by atoms with Crippen LogP contribution in [0.15, 0.2) is 54.2 Å². The number of hydrogen-bond donors (Lipinski definition) is 1. The van der Waals surface area contributed by atoms with Gasteiger partial charge in [0.15, 0.2) is 0 Å². The minimum Gasteiger partial charge on any atom is -0.497 e. The summed E-state index contributed by atoms with van der Waals surface area (Å²) in [5.74, 6) is 0.554. The van der Waals surface area contributed by atoms with E-state index in [1.807, 2.05) is 24.3 Å². The molecule has 1 amide bonds. The lowest BCUT2D eigenvalue weighted by atomic mass is 10.2. The molecule has 0 aliphatic carbocycles. The average molecular weight is 311 g/mol. The molecule has 2 aromatic heterocycles. The quantitative estimate of drug-likeness (QED) is 0.801. The van der Waals surface area contributed by atoms with Gasteiger partial charge in [-0.2, -0.15) is 0 Å². The lowest BCUT2D eigenvalue weighted by Crippen LogP contribution is -2.12. The van der Waals surface area contributed by atoms with E-state index in [0.717, 1.165) is 16.3 Å². The molecule has 6 heteroatoms. The Morgan fingerprint density at radius 3 is 2.55 bits per heavy atom. The molecule has 0 fully saturated rings. The van der Waals surface area contributed by atoms with Crippen molar-refractivity contribution in [1.29, 1.82) is 0 Å². The number of pyridine rings is 1. The van der Waals surface area contributed by atoms with Crippen LogP contribution in [-0.4, -0.2) is 23.0 Å². The molecule has 0 atom stereocenters. The zero-order chi connectivity index (χ0) is 15.4. The monoisotopic (exact) mass is 311 g/mol. The zero-order valence-electron chi connectivity index (χ0n) is 11.8. The van der Waals surface area contributed by atoms with Crippen molar-refractivity contribution in [3.05, 3.63) is 59.9 Å². The maximum absolute atomic E-state index is 12.2. The molecule has 0 saturated carbocycles. The number of carbonyl (C=O) groups is 1. The first-order valence-corrected chi connectivity index (χ1v) is 7.45. The second kappa shape index (κ2) is 6.36. The number of aromatic nitrogens is 2. The van der Waals surface area contributed by atoms with Gasteiger partial charge in [0.05, 0.1) is 7.11 Å². The predicted molar refractivity (Wildman–Crippen MR) is 86.3 cm³/mol. The Morgan fingerprint density at radius 1 is 1.14 bits per heavy atom. The van der Waals surface area contributed by atoms with E-state index in [1.54, 1.807) is 37.0 Å². The van der Waals surface area contributed by atoms with Crippen molar-refractivity contribution in [2.24, 2.45) is 0 Å². The smallest absolute Gasteiger partial charge is 0.275 e. The first kappa shape index (κ1) is 14.2.